The summed E-state index contributed by atoms with van der Waals surface area (Å²) < 4.78 is 15.8. The van der Waals surface area contributed by atoms with Crippen molar-refractivity contribution >= 4 is 10.9 Å². The zero-order valence-electron chi connectivity index (χ0n) is 14.4. The van der Waals surface area contributed by atoms with Gasteiger partial charge in [-0.2, -0.15) is 0 Å². The Labute approximate surface area is 147 Å². The molecule has 0 amide bonds. The van der Waals surface area contributed by atoms with Crippen molar-refractivity contribution in [2.45, 2.75) is 19.9 Å². The molecule has 0 atom stereocenters. The van der Waals surface area contributed by atoms with Crippen LogP contribution in [0.4, 0.5) is 4.39 Å². The Hall–Kier alpha value is -2.87. The van der Waals surface area contributed by atoms with E-state index in [-0.39, 0.29) is 5.82 Å². The molecule has 0 bridgehead atoms. The highest BCUT2D eigenvalue weighted by atomic mass is 19.1. The van der Waals surface area contributed by atoms with Crippen molar-refractivity contribution in [2.75, 3.05) is 0 Å². The second-order valence-electron chi connectivity index (χ2n) is 6.58. The Balaban J connectivity index is 2.15. The molecular weight excluding hydrogens is 309 g/mol. The number of hydrogen-bond donors (Lipinski definition) is 0. The van der Waals surface area contributed by atoms with Gasteiger partial charge in [-0.3, -0.25) is 0 Å². The highest BCUT2D eigenvalue weighted by molar-refractivity contribution is 6.04. The number of nitrogens with zero attached hydrogens (tertiary/aromatic N) is 1. The first-order valence-corrected chi connectivity index (χ1v) is 8.61. The smallest absolute Gasteiger partial charge is 0.123 e. The summed E-state index contributed by atoms with van der Waals surface area (Å²) in [5, 5.41) is 1.20. The zero-order valence-corrected chi connectivity index (χ0v) is 14.4. The number of fused-ring (bicyclic) bond motifs is 1. The number of benzene rings is 3. The van der Waals surface area contributed by atoms with Crippen molar-refractivity contribution < 1.29 is 4.39 Å². The van der Waals surface area contributed by atoms with Crippen LogP contribution >= 0.6 is 0 Å². The van der Waals surface area contributed by atoms with E-state index >= 15 is 0 Å². The molecule has 0 saturated heterocycles. The Morgan fingerprint density at radius 1 is 0.720 bits per heavy atom. The van der Waals surface area contributed by atoms with E-state index in [0.29, 0.717) is 6.04 Å². The quantitative estimate of drug-likeness (QED) is 0.394. The van der Waals surface area contributed by atoms with Crippen LogP contribution < -0.4 is 0 Å². The second kappa shape index (κ2) is 6.21. The molecular formula is C23H20FN. The van der Waals surface area contributed by atoms with Crippen LogP contribution in [0.2, 0.25) is 0 Å². The molecule has 0 fully saturated rings. The third-order valence-electron chi connectivity index (χ3n) is 4.61. The van der Waals surface area contributed by atoms with E-state index in [1.165, 1.54) is 34.3 Å². The van der Waals surface area contributed by atoms with Crippen LogP contribution in [0.15, 0.2) is 78.9 Å². The van der Waals surface area contributed by atoms with E-state index in [2.05, 4.69) is 66.9 Å². The summed E-state index contributed by atoms with van der Waals surface area (Å²) in [4.78, 5) is 0. The van der Waals surface area contributed by atoms with Crippen LogP contribution in [-0.4, -0.2) is 4.57 Å². The predicted molar refractivity (Wildman–Crippen MR) is 103 cm³/mol. The van der Waals surface area contributed by atoms with Crippen molar-refractivity contribution in [1.29, 1.82) is 0 Å². The average Bonchev–Trinajstić information content (AvgIpc) is 2.98. The van der Waals surface area contributed by atoms with Crippen molar-refractivity contribution in [2.24, 2.45) is 0 Å². The van der Waals surface area contributed by atoms with Crippen LogP contribution in [0.5, 0.6) is 0 Å². The molecule has 0 N–H and O–H groups in total. The first kappa shape index (κ1) is 15.6. The summed E-state index contributed by atoms with van der Waals surface area (Å²) in [6, 6.07) is 26.0. The van der Waals surface area contributed by atoms with E-state index in [1.807, 2.05) is 18.2 Å². The van der Waals surface area contributed by atoms with Crippen LogP contribution in [0.3, 0.4) is 0 Å². The maximum absolute atomic E-state index is 13.5. The van der Waals surface area contributed by atoms with Gasteiger partial charge in [0, 0.05) is 22.5 Å². The lowest BCUT2D eigenvalue weighted by Crippen LogP contribution is -2.02. The van der Waals surface area contributed by atoms with Crippen LogP contribution in [0.25, 0.3) is 33.3 Å². The Bertz CT molecular complexity index is 1010. The van der Waals surface area contributed by atoms with Crippen molar-refractivity contribution in [3.8, 4) is 22.4 Å². The van der Waals surface area contributed by atoms with Gasteiger partial charge in [0.05, 0.1) is 5.69 Å². The van der Waals surface area contributed by atoms with E-state index in [0.717, 1.165) is 11.1 Å². The maximum atomic E-state index is 13.5. The second-order valence-corrected chi connectivity index (χ2v) is 6.58. The number of para-hydroxylation sites is 1. The van der Waals surface area contributed by atoms with Gasteiger partial charge in [0.15, 0.2) is 0 Å². The molecule has 0 radical (unpaired) electrons. The topological polar surface area (TPSA) is 4.93 Å². The normalized spacial score (nSPS) is 11.4. The van der Waals surface area contributed by atoms with E-state index in [1.54, 1.807) is 0 Å². The van der Waals surface area contributed by atoms with Crippen LogP contribution in [0, 0.1) is 5.82 Å². The standard InChI is InChI=1S/C23H20FN/c1-16(2)25-21-11-7-6-10-20(21)22(17-12-14-19(24)15-13-17)23(25)18-8-4-3-5-9-18/h3-16H,1-2H3. The molecule has 0 spiro atoms. The lowest BCUT2D eigenvalue weighted by molar-refractivity contribution is 0.627. The SMILES string of the molecule is CC(C)n1c(-c2ccccc2)c(-c2ccc(F)cc2)c2ccccc21. The highest BCUT2D eigenvalue weighted by Gasteiger charge is 2.21. The van der Waals surface area contributed by atoms with Gasteiger partial charge in [-0.15, -0.1) is 0 Å². The number of hydrogen-bond acceptors (Lipinski definition) is 0. The minimum Gasteiger partial charge on any atom is -0.337 e. The molecule has 1 heterocycles. The largest absolute Gasteiger partial charge is 0.337 e. The number of halogens is 1. The molecule has 0 aliphatic rings. The molecule has 1 aromatic heterocycles. The molecule has 0 aliphatic heterocycles. The predicted octanol–water partition coefficient (Wildman–Crippen LogP) is 6.70. The van der Waals surface area contributed by atoms with Gasteiger partial charge in [-0.1, -0.05) is 60.7 Å². The zero-order chi connectivity index (χ0) is 17.4. The van der Waals surface area contributed by atoms with Crippen LogP contribution in [0.1, 0.15) is 19.9 Å². The van der Waals surface area contributed by atoms with Crippen molar-refractivity contribution in [3.05, 3.63) is 84.7 Å². The third-order valence-corrected chi connectivity index (χ3v) is 4.61. The Morgan fingerprint density at radius 2 is 1.36 bits per heavy atom. The summed E-state index contributed by atoms with van der Waals surface area (Å²) in [5.74, 6) is -0.211. The fourth-order valence-corrected chi connectivity index (χ4v) is 3.59. The molecule has 1 nitrogen and oxygen atoms in total. The molecule has 25 heavy (non-hydrogen) atoms. The molecule has 124 valence electrons. The summed E-state index contributed by atoms with van der Waals surface area (Å²) in [7, 11) is 0. The molecule has 4 aromatic rings. The lowest BCUT2D eigenvalue weighted by Gasteiger charge is -2.16. The lowest BCUT2D eigenvalue weighted by atomic mass is 9.98. The fraction of sp³-hybridized carbons (Fsp3) is 0.130. The summed E-state index contributed by atoms with van der Waals surface area (Å²) >= 11 is 0. The summed E-state index contributed by atoms with van der Waals surface area (Å²) in [6.07, 6.45) is 0. The minimum atomic E-state index is -0.211. The Kier molecular flexibility index (Phi) is 3.89. The van der Waals surface area contributed by atoms with Gasteiger partial charge in [-0.25, -0.2) is 4.39 Å². The molecule has 0 unspecified atom stereocenters. The summed E-state index contributed by atoms with van der Waals surface area (Å²) in [6.45, 7) is 4.40. The van der Waals surface area contributed by atoms with E-state index in [9.17, 15) is 4.39 Å². The highest BCUT2D eigenvalue weighted by Crippen LogP contribution is 2.42. The maximum Gasteiger partial charge on any atom is 0.123 e. The van der Waals surface area contributed by atoms with Gasteiger partial charge >= 0.3 is 0 Å². The fourth-order valence-electron chi connectivity index (χ4n) is 3.59. The van der Waals surface area contributed by atoms with Gasteiger partial charge in [-0.05, 0) is 43.2 Å². The molecule has 0 aliphatic carbocycles. The summed E-state index contributed by atoms with van der Waals surface area (Å²) in [5.41, 5.74) is 5.76. The Morgan fingerprint density at radius 3 is 2.04 bits per heavy atom. The van der Waals surface area contributed by atoms with Gasteiger partial charge in [0.2, 0.25) is 0 Å². The molecule has 3 aromatic carbocycles. The minimum absolute atomic E-state index is 0.211. The van der Waals surface area contributed by atoms with Crippen molar-refractivity contribution in [3.63, 3.8) is 0 Å². The van der Waals surface area contributed by atoms with Gasteiger partial charge < -0.3 is 4.57 Å². The molecule has 4 rings (SSSR count). The van der Waals surface area contributed by atoms with Crippen LogP contribution in [-0.2, 0) is 0 Å². The first-order valence-electron chi connectivity index (χ1n) is 8.61. The molecule has 0 saturated carbocycles. The number of rotatable bonds is 3. The first-order chi connectivity index (χ1) is 12.2. The van der Waals surface area contributed by atoms with Gasteiger partial charge in [0.25, 0.3) is 0 Å². The number of aromatic nitrogens is 1. The van der Waals surface area contributed by atoms with E-state index < -0.39 is 0 Å². The average molecular weight is 329 g/mol. The van der Waals surface area contributed by atoms with Crippen molar-refractivity contribution in [1.82, 2.24) is 4.57 Å². The monoisotopic (exact) mass is 329 g/mol. The van der Waals surface area contributed by atoms with E-state index in [4.69, 9.17) is 0 Å². The third kappa shape index (κ3) is 2.64. The van der Waals surface area contributed by atoms with Gasteiger partial charge in [0.1, 0.15) is 5.82 Å². The molecule has 2 heteroatoms.